The van der Waals surface area contributed by atoms with Crippen LogP contribution in [-0.4, -0.2) is 30.1 Å². The lowest BCUT2D eigenvalue weighted by atomic mass is 9.84. The lowest BCUT2D eigenvalue weighted by molar-refractivity contribution is 0.190. The second-order valence-electron chi connectivity index (χ2n) is 4.81. The Labute approximate surface area is 99.6 Å². The summed E-state index contributed by atoms with van der Waals surface area (Å²) in [7, 11) is 0. The lowest BCUT2D eigenvalue weighted by Crippen LogP contribution is -2.46. The first-order chi connectivity index (χ1) is 7.69. The van der Waals surface area contributed by atoms with Gasteiger partial charge < -0.3 is 10.2 Å². The summed E-state index contributed by atoms with van der Waals surface area (Å²) in [6.45, 7) is 7.78. The smallest absolute Gasteiger partial charge is 0.317 e. The van der Waals surface area contributed by atoms with Crippen molar-refractivity contribution in [3.63, 3.8) is 0 Å². The third kappa shape index (κ3) is 3.69. The Balaban J connectivity index is 2.36. The van der Waals surface area contributed by atoms with Crippen LogP contribution >= 0.6 is 0 Å². The van der Waals surface area contributed by atoms with Crippen molar-refractivity contribution < 1.29 is 4.79 Å². The Morgan fingerprint density at radius 3 is 2.31 bits per heavy atom. The van der Waals surface area contributed by atoms with Crippen LogP contribution in [0.5, 0.6) is 0 Å². The minimum absolute atomic E-state index is 0.100. The molecule has 1 rings (SSSR count). The molecule has 1 aliphatic rings. The van der Waals surface area contributed by atoms with E-state index in [1.165, 1.54) is 32.1 Å². The maximum Gasteiger partial charge on any atom is 0.317 e. The topological polar surface area (TPSA) is 32.3 Å². The number of hydrogen-bond acceptors (Lipinski definition) is 1. The van der Waals surface area contributed by atoms with Crippen LogP contribution in [0.3, 0.4) is 0 Å². The Hall–Kier alpha value is -0.730. The molecule has 1 unspecified atom stereocenters. The van der Waals surface area contributed by atoms with Gasteiger partial charge in [-0.25, -0.2) is 4.79 Å². The molecule has 1 saturated carbocycles. The molecule has 1 N–H and O–H groups in total. The van der Waals surface area contributed by atoms with Crippen LogP contribution in [0, 0.1) is 5.92 Å². The predicted molar refractivity (Wildman–Crippen MR) is 67.5 cm³/mol. The fraction of sp³-hybridized carbons (Fsp3) is 0.923. The van der Waals surface area contributed by atoms with E-state index in [1.54, 1.807) is 0 Å². The molecular weight excluding hydrogens is 200 g/mol. The highest BCUT2D eigenvalue weighted by atomic mass is 16.2. The molecule has 0 bridgehead atoms. The first-order valence-electron chi connectivity index (χ1n) is 6.74. The minimum atomic E-state index is 0.100. The zero-order valence-electron chi connectivity index (χ0n) is 11.0. The van der Waals surface area contributed by atoms with E-state index in [-0.39, 0.29) is 6.03 Å². The number of nitrogens with zero attached hydrogens (tertiary/aromatic N) is 1. The third-order valence-electron chi connectivity index (χ3n) is 3.76. The molecule has 0 saturated heterocycles. The van der Waals surface area contributed by atoms with Gasteiger partial charge in [-0.1, -0.05) is 19.3 Å². The van der Waals surface area contributed by atoms with Gasteiger partial charge in [0.2, 0.25) is 0 Å². The second kappa shape index (κ2) is 6.77. The summed E-state index contributed by atoms with van der Waals surface area (Å²) < 4.78 is 0. The van der Waals surface area contributed by atoms with Crippen LogP contribution in [0.25, 0.3) is 0 Å². The molecule has 0 spiro atoms. The van der Waals surface area contributed by atoms with Gasteiger partial charge in [-0.05, 0) is 39.5 Å². The van der Waals surface area contributed by atoms with Crippen molar-refractivity contribution in [3.8, 4) is 0 Å². The maximum absolute atomic E-state index is 11.9. The number of urea groups is 1. The summed E-state index contributed by atoms with van der Waals surface area (Å²) in [6, 6.07) is 0.427. The number of rotatable bonds is 4. The van der Waals surface area contributed by atoms with Gasteiger partial charge in [-0.3, -0.25) is 0 Å². The first-order valence-corrected chi connectivity index (χ1v) is 6.74. The van der Waals surface area contributed by atoms with Gasteiger partial charge in [0, 0.05) is 19.1 Å². The van der Waals surface area contributed by atoms with E-state index in [0.29, 0.717) is 12.0 Å². The van der Waals surface area contributed by atoms with Crippen LogP contribution in [0.15, 0.2) is 0 Å². The fourth-order valence-electron chi connectivity index (χ4n) is 2.55. The summed E-state index contributed by atoms with van der Waals surface area (Å²) in [5.74, 6) is 0.688. The molecule has 1 aliphatic carbocycles. The SMILES string of the molecule is CCN(CC)C(=O)NC(C)C1CCCCC1. The molecule has 0 aromatic heterocycles. The Kier molecular flexibility index (Phi) is 5.64. The van der Waals surface area contributed by atoms with Crippen molar-refractivity contribution in [1.82, 2.24) is 10.2 Å². The number of amides is 2. The molecule has 0 aromatic carbocycles. The van der Waals surface area contributed by atoms with E-state index in [1.807, 2.05) is 18.7 Å². The quantitative estimate of drug-likeness (QED) is 0.785. The number of carbonyl (C=O) groups excluding carboxylic acids is 1. The van der Waals surface area contributed by atoms with E-state index < -0.39 is 0 Å². The van der Waals surface area contributed by atoms with Crippen LogP contribution in [0.1, 0.15) is 52.9 Å². The van der Waals surface area contributed by atoms with Crippen LogP contribution < -0.4 is 5.32 Å². The molecule has 0 radical (unpaired) electrons. The molecule has 0 aromatic rings. The highest BCUT2D eigenvalue weighted by Gasteiger charge is 2.22. The molecule has 94 valence electrons. The van der Waals surface area contributed by atoms with Crippen LogP contribution in [0.2, 0.25) is 0 Å². The van der Waals surface area contributed by atoms with E-state index >= 15 is 0 Å². The molecule has 2 amide bonds. The monoisotopic (exact) mass is 226 g/mol. The molecule has 3 nitrogen and oxygen atoms in total. The summed E-state index contributed by atoms with van der Waals surface area (Å²) >= 11 is 0. The van der Waals surface area contributed by atoms with E-state index in [4.69, 9.17) is 0 Å². The standard InChI is InChI=1S/C13H26N2O/c1-4-15(5-2)13(16)14-11(3)12-9-7-6-8-10-12/h11-12H,4-10H2,1-3H3,(H,14,16). The van der Waals surface area contributed by atoms with E-state index in [0.717, 1.165) is 13.1 Å². The molecule has 0 aliphatic heterocycles. The Bertz CT molecular complexity index is 208. The maximum atomic E-state index is 11.9. The Morgan fingerprint density at radius 1 is 1.25 bits per heavy atom. The molecule has 16 heavy (non-hydrogen) atoms. The van der Waals surface area contributed by atoms with Crippen molar-refractivity contribution in [2.24, 2.45) is 5.92 Å². The van der Waals surface area contributed by atoms with Gasteiger partial charge in [0.1, 0.15) is 0 Å². The summed E-state index contributed by atoms with van der Waals surface area (Å²) in [4.78, 5) is 13.7. The highest BCUT2D eigenvalue weighted by molar-refractivity contribution is 5.74. The van der Waals surface area contributed by atoms with Crippen molar-refractivity contribution in [2.45, 2.75) is 58.9 Å². The normalized spacial score (nSPS) is 19.2. The lowest BCUT2D eigenvalue weighted by Gasteiger charge is -2.30. The number of nitrogens with one attached hydrogen (secondary N) is 1. The third-order valence-corrected chi connectivity index (χ3v) is 3.76. The summed E-state index contributed by atoms with van der Waals surface area (Å²) in [6.07, 6.45) is 6.58. The second-order valence-corrected chi connectivity index (χ2v) is 4.81. The average molecular weight is 226 g/mol. The van der Waals surface area contributed by atoms with Gasteiger partial charge >= 0.3 is 6.03 Å². The van der Waals surface area contributed by atoms with Crippen LogP contribution in [0.4, 0.5) is 4.79 Å². The average Bonchev–Trinajstić information content (AvgIpc) is 2.31. The molecule has 1 fully saturated rings. The first kappa shape index (κ1) is 13.3. The molecular formula is C13H26N2O. The van der Waals surface area contributed by atoms with Crippen molar-refractivity contribution in [3.05, 3.63) is 0 Å². The van der Waals surface area contributed by atoms with E-state index in [2.05, 4.69) is 12.2 Å². The van der Waals surface area contributed by atoms with Gasteiger partial charge in [-0.2, -0.15) is 0 Å². The minimum Gasteiger partial charge on any atom is -0.335 e. The zero-order valence-corrected chi connectivity index (χ0v) is 11.0. The summed E-state index contributed by atoms with van der Waals surface area (Å²) in [5.41, 5.74) is 0. The van der Waals surface area contributed by atoms with Gasteiger partial charge in [0.25, 0.3) is 0 Å². The number of hydrogen-bond donors (Lipinski definition) is 1. The van der Waals surface area contributed by atoms with Gasteiger partial charge in [0.15, 0.2) is 0 Å². The van der Waals surface area contributed by atoms with Crippen LogP contribution in [-0.2, 0) is 0 Å². The van der Waals surface area contributed by atoms with E-state index in [9.17, 15) is 4.79 Å². The summed E-state index contributed by atoms with van der Waals surface area (Å²) in [5, 5.41) is 3.14. The fourth-order valence-corrected chi connectivity index (χ4v) is 2.55. The molecule has 1 atom stereocenters. The van der Waals surface area contributed by atoms with Gasteiger partial charge in [0.05, 0.1) is 0 Å². The zero-order chi connectivity index (χ0) is 12.0. The van der Waals surface area contributed by atoms with Crippen molar-refractivity contribution in [2.75, 3.05) is 13.1 Å². The number of carbonyl (C=O) groups is 1. The van der Waals surface area contributed by atoms with Gasteiger partial charge in [-0.15, -0.1) is 0 Å². The van der Waals surface area contributed by atoms with Crippen molar-refractivity contribution in [1.29, 1.82) is 0 Å². The molecule has 0 heterocycles. The largest absolute Gasteiger partial charge is 0.335 e. The van der Waals surface area contributed by atoms with Crippen molar-refractivity contribution >= 4 is 6.03 Å². The Morgan fingerprint density at radius 2 is 1.81 bits per heavy atom. The molecule has 3 heteroatoms. The predicted octanol–water partition coefficient (Wildman–Crippen LogP) is 3.01. The highest BCUT2D eigenvalue weighted by Crippen LogP contribution is 2.26.